The lowest BCUT2D eigenvalue weighted by Crippen LogP contribution is -2.30. The largest absolute Gasteiger partial charge is 0.366 e. The first-order valence-electron chi connectivity index (χ1n) is 4.25. The van der Waals surface area contributed by atoms with Crippen molar-refractivity contribution in [2.24, 2.45) is 15.9 Å². The van der Waals surface area contributed by atoms with E-state index in [1.54, 1.807) is 18.2 Å². The van der Waals surface area contributed by atoms with Crippen molar-refractivity contribution in [2.45, 2.75) is 0 Å². The molecular formula is C9H10Cl2N4O. The van der Waals surface area contributed by atoms with Gasteiger partial charge in [0.05, 0.1) is 16.3 Å². The molecule has 0 bridgehead atoms. The Balaban J connectivity index is 2.89. The minimum absolute atomic E-state index is 0.139. The Morgan fingerprint density at radius 3 is 2.50 bits per heavy atom. The zero-order valence-electron chi connectivity index (χ0n) is 8.43. The van der Waals surface area contributed by atoms with Gasteiger partial charge >= 0.3 is 0 Å². The number of nitrogens with two attached hydrogens (primary N) is 1. The minimum Gasteiger partial charge on any atom is -0.366 e. The van der Waals surface area contributed by atoms with Gasteiger partial charge in [0.25, 0.3) is 0 Å². The third-order valence-electron chi connectivity index (χ3n) is 1.68. The molecule has 5 nitrogen and oxygen atoms in total. The zero-order valence-corrected chi connectivity index (χ0v) is 9.94. The van der Waals surface area contributed by atoms with Crippen molar-refractivity contribution in [1.82, 2.24) is 5.06 Å². The molecule has 0 fully saturated rings. The summed E-state index contributed by atoms with van der Waals surface area (Å²) in [6, 6.07) is 5.08. The van der Waals surface area contributed by atoms with Gasteiger partial charge in [-0.1, -0.05) is 29.3 Å². The van der Waals surface area contributed by atoms with Crippen LogP contribution >= 0.6 is 23.2 Å². The summed E-state index contributed by atoms with van der Waals surface area (Å²) in [6.45, 7) is 0. The van der Waals surface area contributed by atoms with Crippen LogP contribution in [0.4, 0.5) is 0 Å². The van der Waals surface area contributed by atoms with E-state index in [1.807, 2.05) is 0 Å². The van der Waals surface area contributed by atoms with Crippen LogP contribution in [0.3, 0.4) is 0 Å². The van der Waals surface area contributed by atoms with Crippen LogP contribution in [0.15, 0.2) is 28.4 Å². The van der Waals surface area contributed by atoms with Gasteiger partial charge in [-0.05, 0) is 12.1 Å². The molecule has 1 aromatic rings. The molecule has 0 aliphatic heterocycles. The van der Waals surface area contributed by atoms with E-state index in [1.165, 1.54) is 13.3 Å². The fraction of sp³-hybridized carbons (Fsp3) is 0.111. The van der Waals surface area contributed by atoms with E-state index >= 15 is 0 Å². The number of hydrogen-bond donors (Lipinski definition) is 2. The second-order valence-corrected chi connectivity index (χ2v) is 3.68. The normalized spacial score (nSPS) is 12.1. The van der Waals surface area contributed by atoms with Crippen LogP contribution in [0.2, 0.25) is 10.0 Å². The molecule has 1 aromatic carbocycles. The van der Waals surface area contributed by atoms with E-state index in [0.29, 0.717) is 20.7 Å². The number of guanidine groups is 1. The minimum atomic E-state index is -0.139. The number of hydrogen-bond acceptors (Lipinski definition) is 3. The first-order chi connectivity index (χ1) is 7.52. The molecule has 1 rings (SSSR count). The maximum Gasteiger partial charge on any atom is 0.240 e. The highest BCUT2D eigenvalue weighted by Gasteiger charge is 2.01. The lowest BCUT2D eigenvalue weighted by Gasteiger charge is -2.05. The third kappa shape index (κ3) is 3.37. The fourth-order valence-electron chi connectivity index (χ4n) is 0.845. The number of halogens is 2. The van der Waals surface area contributed by atoms with E-state index in [2.05, 4.69) is 10.2 Å². The smallest absolute Gasteiger partial charge is 0.240 e. The summed E-state index contributed by atoms with van der Waals surface area (Å²) in [5, 5.41) is 17.6. The molecule has 3 N–H and O–H groups in total. The van der Waals surface area contributed by atoms with E-state index in [4.69, 9.17) is 34.1 Å². The third-order valence-corrected chi connectivity index (χ3v) is 2.34. The summed E-state index contributed by atoms with van der Waals surface area (Å²) >= 11 is 11.8. The summed E-state index contributed by atoms with van der Waals surface area (Å²) in [5.41, 5.74) is 5.85. The number of nitrogens with zero attached hydrogens (tertiary/aromatic N) is 3. The number of rotatable bonds is 2. The molecule has 0 saturated heterocycles. The van der Waals surface area contributed by atoms with Gasteiger partial charge in [0, 0.05) is 12.6 Å². The van der Waals surface area contributed by atoms with E-state index in [-0.39, 0.29) is 5.96 Å². The van der Waals surface area contributed by atoms with Gasteiger partial charge in [-0.3, -0.25) is 5.21 Å². The molecule has 0 heterocycles. The Morgan fingerprint density at radius 1 is 1.44 bits per heavy atom. The summed E-state index contributed by atoms with van der Waals surface area (Å²) in [6.07, 6.45) is 1.36. The van der Waals surface area contributed by atoms with Gasteiger partial charge < -0.3 is 5.73 Å². The maximum absolute atomic E-state index is 8.88. The topological polar surface area (TPSA) is 74.2 Å². The van der Waals surface area contributed by atoms with Crippen molar-refractivity contribution in [3.63, 3.8) is 0 Å². The van der Waals surface area contributed by atoms with Crippen LogP contribution in [-0.4, -0.2) is 29.5 Å². The molecular weight excluding hydrogens is 251 g/mol. The fourth-order valence-corrected chi connectivity index (χ4v) is 1.34. The molecule has 0 spiro atoms. The predicted molar refractivity (Wildman–Crippen MR) is 65.2 cm³/mol. The first-order valence-corrected chi connectivity index (χ1v) is 5.01. The maximum atomic E-state index is 8.88. The van der Waals surface area contributed by atoms with Crippen molar-refractivity contribution in [1.29, 1.82) is 0 Å². The first kappa shape index (κ1) is 12.8. The Hall–Kier alpha value is -1.30. The molecule has 0 amide bonds. The zero-order chi connectivity index (χ0) is 12.1. The van der Waals surface area contributed by atoms with Crippen molar-refractivity contribution in [2.75, 3.05) is 7.05 Å². The van der Waals surface area contributed by atoms with Gasteiger partial charge in [0.2, 0.25) is 5.96 Å². The summed E-state index contributed by atoms with van der Waals surface area (Å²) < 4.78 is 0. The second kappa shape index (κ2) is 5.69. The molecule has 7 heteroatoms. The quantitative estimate of drug-likeness (QED) is 0.485. The standard InChI is InChI=1S/C9H10Cl2N4O/c1-15(16)9(12)14-13-5-6-7(10)3-2-4-8(6)11/h2-5,16H,1H3,(H2,12,14). The van der Waals surface area contributed by atoms with Crippen LogP contribution in [-0.2, 0) is 0 Å². The van der Waals surface area contributed by atoms with Gasteiger partial charge in [0.15, 0.2) is 0 Å². The average Bonchev–Trinajstić information content (AvgIpc) is 2.22. The van der Waals surface area contributed by atoms with Gasteiger partial charge in [0.1, 0.15) is 0 Å². The molecule has 0 saturated carbocycles. The highest BCUT2D eigenvalue weighted by molar-refractivity contribution is 6.38. The van der Waals surface area contributed by atoms with E-state index in [9.17, 15) is 0 Å². The van der Waals surface area contributed by atoms with Gasteiger partial charge in [-0.15, -0.1) is 5.10 Å². The molecule has 0 aromatic heterocycles. The highest BCUT2D eigenvalue weighted by atomic mass is 35.5. The van der Waals surface area contributed by atoms with Crippen molar-refractivity contribution < 1.29 is 5.21 Å². The number of hydroxylamine groups is 2. The van der Waals surface area contributed by atoms with Crippen molar-refractivity contribution in [3.8, 4) is 0 Å². The second-order valence-electron chi connectivity index (χ2n) is 2.86. The molecule has 86 valence electrons. The highest BCUT2D eigenvalue weighted by Crippen LogP contribution is 2.22. The Bertz CT molecular complexity index is 411. The molecule has 0 atom stereocenters. The Labute approximate surface area is 103 Å². The van der Waals surface area contributed by atoms with E-state index < -0.39 is 0 Å². The molecule has 16 heavy (non-hydrogen) atoms. The van der Waals surface area contributed by atoms with E-state index in [0.717, 1.165) is 0 Å². The predicted octanol–water partition coefficient (Wildman–Crippen LogP) is 1.96. The van der Waals surface area contributed by atoms with Crippen molar-refractivity contribution in [3.05, 3.63) is 33.8 Å². The SMILES string of the molecule is CN(O)C(N)=NN=Cc1c(Cl)cccc1Cl. The Morgan fingerprint density at radius 2 is 2.00 bits per heavy atom. The summed E-state index contributed by atoms with van der Waals surface area (Å²) in [7, 11) is 1.33. The monoisotopic (exact) mass is 260 g/mol. The molecule has 0 unspecified atom stereocenters. The Kier molecular flexibility index (Phi) is 4.54. The van der Waals surface area contributed by atoms with Crippen molar-refractivity contribution >= 4 is 35.4 Å². The lowest BCUT2D eigenvalue weighted by atomic mass is 10.2. The molecule has 0 aliphatic rings. The van der Waals surface area contributed by atoms with Crippen LogP contribution in [0.1, 0.15) is 5.56 Å². The van der Waals surface area contributed by atoms with Gasteiger partial charge in [-0.2, -0.15) is 5.10 Å². The molecule has 0 aliphatic carbocycles. The lowest BCUT2D eigenvalue weighted by molar-refractivity contribution is 0.0117. The van der Waals surface area contributed by atoms with Crippen LogP contribution in [0, 0.1) is 0 Å². The van der Waals surface area contributed by atoms with Crippen LogP contribution < -0.4 is 5.73 Å². The van der Waals surface area contributed by atoms with Crippen LogP contribution in [0.25, 0.3) is 0 Å². The van der Waals surface area contributed by atoms with Crippen LogP contribution in [0.5, 0.6) is 0 Å². The number of benzene rings is 1. The van der Waals surface area contributed by atoms with Gasteiger partial charge in [-0.25, -0.2) is 5.06 Å². The average molecular weight is 261 g/mol. The summed E-state index contributed by atoms with van der Waals surface area (Å²) in [5.74, 6) is -0.139. The summed E-state index contributed by atoms with van der Waals surface area (Å²) in [4.78, 5) is 0. The molecule has 0 radical (unpaired) electrons.